The summed E-state index contributed by atoms with van der Waals surface area (Å²) in [5.41, 5.74) is 0. The number of carbonyl (C=O) groups excluding carboxylic acids is 1. The zero-order valence-electron chi connectivity index (χ0n) is 6.97. The molecule has 0 bridgehead atoms. The van der Waals surface area contributed by atoms with E-state index in [4.69, 9.17) is 4.74 Å². The van der Waals surface area contributed by atoms with Gasteiger partial charge in [-0.1, -0.05) is 13.3 Å². The second kappa shape index (κ2) is 7.38. The van der Waals surface area contributed by atoms with E-state index in [0.717, 1.165) is 12.8 Å². The van der Waals surface area contributed by atoms with Gasteiger partial charge in [0.25, 0.3) is 0 Å². The zero-order valence-corrected chi connectivity index (χ0v) is 6.97. The lowest BCUT2D eigenvalue weighted by molar-refractivity contribution is 0.0555. The molecule has 0 aliphatic carbocycles. The van der Waals surface area contributed by atoms with Crippen molar-refractivity contribution < 1.29 is 14.3 Å². The first-order chi connectivity index (χ1) is 5.31. The molecule has 0 aromatic carbocycles. The Labute approximate surface area is 67.7 Å². The molecule has 0 rings (SSSR count). The Bertz CT molecular complexity index is 102. The van der Waals surface area contributed by atoms with Crippen LogP contribution in [0.25, 0.3) is 0 Å². The monoisotopic (exact) mass is 159 g/mol. The van der Waals surface area contributed by atoms with Gasteiger partial charge >= 0.3 is 6.16 Å². The second-order valence-corrected chi connectivity index (χ2v) is 2.15. The first kappa shape index (κ1) is 10.3. The van der Waals surface area contributed by atoms with Crippen molar-refractivity contribution in [1.82, 2.24) is 0 Å². The highest BCUT2D eigenvalue weighted by atomic mass is 16.7. The van der Waals surface area contributed by atoms with E-state index in [1.165, 1.54) is 0 Å². The third-order valence-corrected chi connectivity index (χ3v) is 1.08. The molecule has 0 fully saturated rings. The topological polar surface area (TPSA) is 35.5 Å². The predicted molar refractivity (Wildman–Crippen MR) is 42.2 cm³/mol. The van der Waals surface area contributed by atoms with Crippen LogP contribution < -0.4 is 0 Å². The standard InChI is InChI=1S/C8H15O3/c1-3-5-7-11-8(9)10-6-4-2/h2-7H2,1H3. The van der Waals surface area contributed by atoms with Crippen LogP contribution in [0.3, 0.4) is 0 Å². The highest BCUT2D eigenvalue weighted by molar-refractivity contribution is 5.59. The molecule has 0 aromatic rings. The summed E-state index contributed by atoms with van der Waals surface area (Å²) in [4.78, 5) is 10.6. The van der Waals surface area contributed by atoms with Crippen molar-refractivity contribution in [3.8, 4) is 0 Å². The summed E-state index contributed by atoms with van der Waals surface area (Å²) in [6, 6.07) is 0. The maximum Gasteiger partial charge on any atom is 0.508 e. The van der Waals surface area contributed by atoms with Crippen LogP contribution in [-0.2, 0) is 9.47 Å². The third-order valence-electron chi connectivity index (χ3n) is 1.08. The fourth-order valence-electron chi connectivity index (χ4n) is 0.497. The second-order valence-electron chi connectivity index (χ2n) is 2.15. The Morgan fingerprint density at radius 2 is 2.00 bits per heavy atom. The molecule has 65 valence electrons. The van der Waals surface area contributed by atoms with Crippen molar-refractivity contribution in [3.05, 3.63) is 6.92 Å². The van der Waals surface area contributed by atoms with Gasteiger partial charge in [-0.15, -0.1) is 0 Å². The van der Waals surface area contributed by atoms with E-state index in [1.807, 2.05) is 6.92 Å². The zero-order chi connectivity index (χ0) is 8.53. The maximum atomic E-state index is 10.6. The van der Waals surface area contributed by atoms with E-state index in [1.54, 1.807) is 0 Å². The lowest BCUT2D eigenvalue weighted by Crippen LogP contribution is -2.08. The van der Waals surface area contributed by atoms with Crippen molar-refractivity contribution in [2.24, 2.45) is 0 Å². The van der Waals surface area contributed by atoms with Gasteiger partial charge in [-0.2, -0.15) is 0 Å². The normalized spacial score (nSPS) is 9.27. The summed E-state index contributed by atoms with van der Waals surface area (Å²) in [7, 11) is 0. The van der Waals surface area contributed by atoms with Crippen molar-refractivity contribution in [3.63, 3.8) is 0 Å². The summed E-state index contributed by atoms with van der Waals surface area (Å²) in [5.74, 6) is 0. The van der Waals surface area contributed by atoms with Crippen LogP contribution in [0, 0.1) is 6.92 Å². The van der Waals surface area contributed by atoms with Crippen LogP contribution in [0.1, 0.15) is 26.2 Å². The Morgan fingerprint density at radius 1 is 1.36 bits per heavy atom. The van der Waals surface area contributed by atoms with Gasteiger partial charge in [0.2, 0.25) is 0 Å². The van der Waals surface area contributed by atoms with Crippen LogP contribution in [0.4, 0.5) is 4.79 Å². The van der Waals surface area contributed by atoms with Crippen molar-refractivity contribution >= 4 is 6.16 Å². The lowest BCUT2D eigenvalue weighted by atomic mass is 10.4. The SMILES string of the molecule is [CH2]CCOC(=O)OCCCC. The van der Waals surface area contributed by atoms with E-state index in [-0.39, 0.29) is 0 Å². The minimum absolute atomic E-state index is 0.338. The van der Waals surface area contributed by atoms with Crippen LogP contribution in [0.15, 0.2) is 0 Å². The Hall–Kier alpha value is -0.730. The fraction of sp³-hybridized carbons (Fsp3) is 0.750. The first-order valence-electron chi connectivity index (χ1n) is 3.90. The summed E-state index contributed by atoms with van der Waals surface area (Å²) >= 11 is 0. The highest BCUT2D eigenvalue weighted by Crippen LogP contribution is 1.91. The summed E-state index contributed by atoms with van der Waals surface area (Å²) in [5, 5.41) is 0. The van der Waals surface area contributed by atoms with E-state index in [0.29, 0.717) is 19.6 Å². The smallest absolute Gasteiger partial charge is 0.434 e. The average molecular weight is 159 g/mol. The molecule has 11 heavy (non-hydrogen) atoms. The summed E-state index contributed by atoms with van der Waals surface area (Å²) in [6.45, 7) is 6.34. The highest BCUT2D eigenvalue weighted by Gasteiger charge is 2.00. The molecule has 3 heteroatoms. The van der Waals surface area contributed by atoms with E-state index >= 15 is 0 Å². The molecule has 1 radical (unpaired) electrons. The third kappa shape index (κ3) is 7.16. The number of rotatable bonds is 5. The molecule has 0 N–H and O–H groups in total. The van der Waals surface area contributed by atoms with Crippen LogP contribution in [-0.4, -0.2) is 19.4 Å². The van der Waals surface area contributed by atoms with Gasteiger partial charge in [0.1, 0.15) is 0 Å². The van der Waals surface area contributed by atoms with Crippen molar-refractivity contribution in [1.29, 1.82) is 0 Å². The molecule has 0 saturated heterocycles. The number of hydrogen-bond acceptors (Lipinski definition) is 3. The minimum atomic E-state index is -0.581. The van der Waals surface area contributed by atoms with Gasteiger partial charge < -0.3 is 9.47 Å². The molecule has 0 aromatic heterocycles. The first-order valence-corrected chi connectivity index (χ1v) is 3.90. The predicted octanol–water partition coefficient (Wildman–Crippen LogP) is 2.16. The van der Waals surface area contributed by atoms with Crippen LogP contribution in [0.2, 0.25) is 0 Å². The number of hydrogen-bond donors (Lipinski definition) is 0. The number of carbonyl (C=O) groups is 1. The van der Waals surface area contributed by atoms with Crippen molar-refractivity contribution in [2.45, 2.75) is 26.2 Å². The molecule has 3 nitrogen and oxygen atoms in total. The minimum Gasteiger partial charge on any atom is -0.434 e. The fourth-order valence-corrected chi connectivity index (χ4v) is 0.497. The van der Waals surface area contributed by atoms with Gasteiger partial charge in [-0.3, -0.25) is 0 Å². The van der Waals surface area contributed by atoms with Gasteiger partial charge in [0.05, 0.1) is 13.2 Å². The quantitative estimate of drug-likeness (QED) is 0.455. The van der Waals surface area contributed by atoms with Gasteiger partial charge in [0, 0.05) is 0 Å². The molecule has 0 heterocycles. The Balaban J connectivity index is 3.09. The molecule has 0 saturated carbocycles. The van der Waals surface area contributed by atoms with Crippen molar-refractivity contribution in [2.75, 3.05) is 13.2 Å². The summed E-state index contributed by atoms with van der Waals surface area (Å²) in [6.07, 6.45) is 1.91. The number of unbranched alkanes of at least 4 members (excludes halogenated alkanes) is 1. The largest absolute Gasteiger partial charge is 0.508 e. The molecule has 0 unspecified atom stereocenters. The molecule has 0 aliphatic heterocycles. The summed E-state index contributed by atoms with van der Waals surface area (Å²) < 4.78 is 9.31. The van der Waals surface area contributed by atoms with Crippen LogP contribution in [0.5, 0.6) is 0 Å². The Kier molecular flexibility index (Phi) is 6.89. The molecule has 0 spiro atoms. The molecular formula is C8H15O3. The van der Waals surface area contributed by atoms with Gasteiger partial charge in [-0.05, 0) is 19.8 Å². The Morgan fingerprint density at radius 3 is 2.55 bits per heavy atom. The molecule has 0 atom stereocenters. The van der Waals surface area contributed by atoms with Gasteiger partial charge in [-0.25, -0.2) is 4.79 Å². The molecule has 0 amide bonds. The van der Waals surface area contributed by atoms with E-state index < -0.39 is 6.16 Å². The lowest BCUT2D eigenvalue weighted by Gasteiger charge is -2.03. The van der Waals surface area contributed by atoms with Crippen LogP contribution >= 0.6 is 0 Å². The van der Waals surface area contributed by atoms with E-state index in [9.17, 15) is 4.79 Å². The van der Waals surface area contributed by atoms with Gasteiger partial charge in [0.15, 0.2) is 0 Å². The molecular weight excluding hydrogens is 144 g/mol. The number of ether oxygens (including phenoxy) is 2. The van der Waals surface area contributed by atoms with E-state index in [2.05, 4.69) is 11.7 Å². The molecule has 0 aliphatic rings. The average Bonchev–Trinajstić information content (AvgIpc) is 2.01. The maximum absolute atomic E-state index is 10.6.